The van der Waals surface area contributed by atoms with Crippen molar-refractivity contribution >= 4 is 17.3 Å². The van der Waals surface area contributed by atoms with E-state index in [1.165, 1.54) is 6.42 Å². The van der Waals surface area contributed by atoms with Gasteiger partial charge in [0.15, 0.2) is 11.5 Å². The van der Waals surface area contributed by atoms with Gasteiger partial charge >= 0.3 is 0 Å². The fourth-order valence-electron chi connectivity index (χ4n) is 2.67. The lowest BCUT2D eigenvalue weighted by Crippen LogP contribution is -2.25. The number of anilines is 2. The lowest BCUT2D eigenvalue weighted by Gasteiger charge is -2.21. The second-order valence-corrected chi connectivity index (χ2v) is 5.12. The molecule has 1 fully saturated rings. The Morgan fingerprint density at radius 1 is 1.16 bits per heavy atom. The molecule has 0 bridgehead atoms. The van der Waals surface area contributed by atoms with Gasteiger partial charge in [-0.25, -0.2) is 0 Å². The Bertz CT molecular complexity index is 496. The molecule has 1 aliphatic carbocycles. The van der Waals surface area contributed by atoms with E-state index in [0.717, 1.165) is 25.7 Å². The van der Waals surface area contributed by atoms with Crippen LogP contribution in [0, 0.1) is 5.92 Å². The molecule has 1 aliphatic heterocycles. The predicted octanol–water partition coefficient (Wildman–Crippen LogP) is 2.52. The van der Waals surface area contributed by atoms with Gasteiger partial charge in [-0.2, -0.15) is 0 Å². The number of nitrogen functional groups attached to an aromatic ring is 1. The van der Waals surface area contributed by atoms with Gasteiger partial charge < -0.3 is 20.5 Å². The van der Waals surface area contributed by atoms with Gasteiger partial charge in [0.05, 0.1) is 11.4 Å². The summed E-state index contributed by atoms with van der Waals surface area (Å²) in [7, 11) is 0. The number of carbonyl (C=O) groups is 1. The van der Waals surface area contributed by atoms with Crippen molar-refractivity contribution < 1.29 is 14.3 Å². The first kappa shape index (κ1) is 12.1. The van der Waals surface area contributed by atoms with E-state index in [1.54, 1.807) is 12.1 Å². The van der Waals surface area contributed by atoms with E-state index in [2.05, 4.69) is 5.32 Å². The van der Waals surface area contributed by atoms with Crippen molar-refractivity contribution in [3.63, 3.8) is 0 Å². The highest BCUT2D eigenvalue weighted by molar-refractivity contribution is 5.96. The van der Waals surface area contributed by atoms with E-state index in [9.17, 15) is 4.79 Å². The molecule has 1 amide bonds. The molecule has 0 atom stereocenters. The maximum absolute atomic E-state index is 12.2. The third-order valence-electron chi connectivity index (χ3n) is 3.78. The summed E-state index contributed by atoms with van der Waals surface area (Å²) in [5, 5.41) is 2.91. The van der Waals surface area contributed by atoms with Gasteiger partial charge in [-0.3, -0.25) is 4.79 Å². The number of rotatable bonds is 2. The molecule has 0 saturated heterocycles. The summed E-state index contributed by atoms with van der Waals surface area (Å²) in [4.78, 5) is 12.2. The first-order valence-corrected chi connectivity index (χ1v) is 6.74. The quantitative estimate of drug-likeness (QED) is 0.803. The highest BCUT2D eigenvalue weighted by atomic mass is 16.7. The van der Waals surface area contributed by atoms with Crippen LogP contribution < -0.4 is 20.5 Å². The van der Waals surface area contributed by atoms with Crippen LogP contribution in [-0.4, -0.2) is 12.7 Å². The number of carbonyl (C=O) groups excluding carboxylic acids is 1. The van der Waals surface area contributed by atoms with E-state index in [4.69, 9.17) is 15.2 Å². The molecule has 102 valence electrons. The van der Waals surface area contributed by atoms with Crippen LogP contribution in [-0.2, 0) is 4.79 Å². The van der Waals surface area contributed by atoms with Crippen molar-refractivity contribution in [3.05, 3.63) is 12.1 Å². The van der Waals surface area contributed by atoms with Crippen molar-refractivity contribution in [2.24, 2.45) is 5.92 Å². The van der Waals surface area contributed by atoms with E-state index in [0.29, 0.717) is 22.9 Å². The largest absolute Gasteiger partial charge is 0.454 e. The van der Waals surface area contributed by atoms with Crippen molar-refractivity contribution in [3.8, 4) is 11.5 Å². The second kappa shape index (κ2) is 4.99. The number of fused-ring (bicyclic) bond motifs is 1. The Kier molecular flexibility index (Phi) is 3.19. The standard InChI is InChI=1S/C14H18N2O3/c15-10-6-12-13(19-8-18-12)7-11(10)16-14(17)9-4-2-1-3-5-9/h6-7,9H,1-5,8,15H2,(H,16,17). The van der Waals surface area contributed by atoms with Crippen LogP contribution in [0.4, 0.5) is 11.4 Å². The molecule has 5 nitrogen and oxygen atoms in total. The molecule has 1 aromatic rings. The van der Waals surface area contributed by atoms with E-state index in [1.807, 2.05) is 0 Å². The Hall–Kier alpha value is -1.91. The van der Waals surface area contributed by atoms with Gasteiger partial charge in [-0.05, 0) is 12.8 Å². The molecule has 0 radical (unpaired) electrons. The summed E-state index contributed by atoms with van der Waals surface area (Å²) in [5.74, 6) is 1.44. The Balaban J connectivity index is 1.74. The average Bonchev–Trinajstić information content (AvgIpc) is 2.87. The highest BCUT2D eigenvalue weighted by Gasteiger charge is 2.23. The van der Waals surface area contributed by atoms with Gasteiger partial charge in [-0.15, -0.1) is 0 Å². The summed E-state index contributed by atoms with van der Waals surface area (Å²) >= 11 is 0. The number of benzene rings is 1. The SMILES string of the molecule is Nc1cc2c(cc1NC(=O)C1CCCCC1)OCO2. The van der Waals surface area contributed by atoms with E-state index >= 15 is 0 Å². The molecule has 3 rings (SSSR count). The van der Waals surface area contributed by atoms with Gasteiger partial charge in [0.1, 0.15) is 0 Å². The Labute approximate surface area is 112 Å². The summed E-state index contributed by atoms with van der Waals surface area (Å²) in [5.41, 5.74) is 7.04. The molecule has 0 spiro atoms. The number of hydrogen-bond donors (Lipinski definition) is 2. The minimum Gasteiger partial charge on any atom is -0.454 e. The van der Waals surface area contributed by atoms with E-state index < -0.39 is 0 Å². The fourth-order valence-corrected chi connectivity index (χ4v) is 2.67. The molecular weight excluding hydrogens is 244 g/mol. The minimum atomic E-state index is 0.0604. The normalized spacial score (nSPS) is 18.3. The smallest absolute Gasteiger partial charge is 0.231 e. The van der Waals surface area contributed by atoms with Crippen molar-refractivity contribution in [1.82, 2.24) is 0 Å². The maximum atomic E-state index is 12.2. The zero-order valence-electron chi connectivity index (χ0n) is 10.8. The fraction of sp³-hybridized carbons (Fsp3) is 0.500. The number of hydrogen-bond acceptors (Lipinski definition) is 4. The molecular formula is C14H18N2O3. The summed E-state index contributed by atoms with van der Waals surface area (Å²) in [6, 6.07) is 3.43. The predicted molar refractivity (Wildman–Crippen MR) is 72.2 cm³/mol. The van der Waals surface area contributed by atoms with Gasteiger partial charge in [-0.1, -0.05) is 19.3 Å². The van der Waals surface area contributed by atoms with Crippen molar-refractivity contribution in [2.45, 2.75) is 32.1 Å². The first-order chi connectivity index (χ1) is 9.24. The third-order valence-corrected chi connectivity index (χ3v) is 3.78. The van der Waals surface area contributed by atoms with Gasteiger partial charge in [0, 0.05) is 18.1 Å². The van der Waals surface area contributed by atoms with E-state index in [-0.39, 0.29) is 18.6 Å². The van der Waals surface area contributed by atoms with Crippen LogP contribution in [0.5, 0.6) is 11.5 Å². The number of nitrogens with two attached hydrogens (primary N) is 1. The van der Waals surface area contributed by atoms with Crippen LogP contribution in [0.2, 0.25) is 0 Å². The summed E-state index contributed by atoms with van der Waals surface area (Å²) in [6.45, 7) is 0.203. The van der Waals surface area contributed by atoms with Crippen LogP contribution in [0.25, 0.3) is 0 Å². The summed E-state index contributed by atoms with van der Waals surface area (Å²) < 4.78 is 10.5. The molecule has 19 heavy (non-hydrogen) atoms. The van der Waals surface area contributed by atoms with Crippen LogP contribution >= 0.6 is 0 Å². The molecule has 1 saturated carbocycles. The zero-order valence-corrected chi connectivity index (χ0v) is 10.8. The lowest BCUT2D eigenvalue weighted by molar-refractivity contribution is -0.120. The molecule has 0 unspecified atom stereocenters. The van der Waals surface area contributed by atoms with Gasteiger partial charge in [0.2, 0.25) is 12.7 Å². The van der Waals surface area contributed by atoms with Crippen molar-refractivity contribution in [1.29, 1.82) is 0 Å². The molecule has 0 aromatic heterocycles. The topological polar surface area (TPSA) is 73.6 Å². The maximum Gasteiger partial charge on any atom is 0.231 e. The molecule has 2 aliphatic rings. The zero-order chi connectivity index (χ0) is 13.2. The van der Waals surface area contributed by atoms with Crippen LogP contribution in [0.15, 0.2) is 12.1 Å². The second-order valence-electron chi connectivity index (χ2n) is 5.12. The minimum absolute atomic E-state index is 0.0604. The molecule has 5 heteroatoms. The van der Waals surface area contributed by atoms with Gasteiger partial charge in [0.25, 0.3) is 0 Å². The Morgan fingerprint density at radius 3 is 2.58 bits per heavy atom. The first-order valence-electron chi connectivity index (χ1n) is 6.74. The highest BCUT2D eigenvalue weighted by Crippen LogP contribution is 2.38. The number of ether oxygens (including phenoxy) is 2. The number of nitrogens with one attached hydrogen (secondary N) is 1. The summed E-state index contributed by atoms with van der Waals surface area (Å²) in [6.07, 6.45) is 5.44. The Morgan fingerprint density at radius 2 is 1.84 bits per heavy atom. The monoisotopic (exact) mass is 262 g/mol. The van der Waals surface area contributed by atoms with Crippen molar-refractivity contribution in [2.75, 3.05) is 17.8 Å². The molecule has 1 aromatic carbocycles. The third kappa shape index (κ3) is 2.45. The average molecular weight is 262 g/mol. The van der Waals surface area contributed by atoms with Crippen LogP contribution in [0.3, 0.4) is 0 Å². The molecule has 3 N–H and O–H groups in total. The lowest BCUT2D eigenvalue weighted by atomic mass is 9.88. The molecule has 1 heterocycles. The van der Waals surface area contributed by atoms with Crippen LogP contribution in [0.1, 0.15) is 32.1 Å². The number of amides is 1.